The minimum atomic E-state index is -0.443. The van der Waals surface area contributed by atoms with Gasteiger partial charge in [-0.2, -0.15) is 0 Å². The van der Waals surface area contributed by atoms with Gasteiger partial charge < -0.3 is 15.3 Å². The van der Waals surface area contributed by atoms with Crippen LogP contribution in [0.1, 0.15) is 43.4 Å². The fraction of sp³-hybridized carbons (Fsp3) is 0.435. The molecule has 2 N–H and O–H groups in total. The molecule has 2 aromatic carbocycles. The van der Waals surface area contributed by atoms with Crippen LogP contribution in [0.15, 0.2) is 60.7 Å². The zero-order valence-electron chi connectivity index (χ0n) is 16.1. The maximum atomic E-state index is 12.5. The average molecular weight is 367 g/mol. The Morgan fingerprint density at radius 3 is 2.30 bits per heavy atom. The van der Waals surface area contributed by atoms with E-state index < -0.39 is 6.10 Å². The first kappa shape index (κ1) is 19.4. The minimum absolute atomic E-state index is 0.0169. The summed E-state index contributed by atoms with van der Waals surface area (Å²) in [5.41, 5.74) is 2.27. The van der Waals surface area contributed by atoms with Crippen LogP contribution >= 0.6 is 0 Å². The molecule has 2 unspecified atom stereocenters. The maximum absolute atomic E-state index is 12.5. The first-order chi connectivity index (χ1) is 13.1. The van der Waals surface area contributed by atoms with Gasteiger partial charge in [-0.3, -0.25) is 0 Å². The number of nitrogens with zero attached hydrogens (tertiary/aromatic N) is 1. The Hall–Kier alpha value is -2.33. The molecule has 0 aromatic heterocycles. The minimum Gasteiger partial charge on any atom is -0.388 e. The van der Waals surface area contributed by atoms with Crippen LogP contribution in [0, 0.1) is 5.92 Å². The highest BCUT2D eigenvalue weighted by Crippen LogP contribution is 2.30. The molecule has 4 heteroatoms. The summed E-state index contributed by atoms with van der Waals surface area (Å²) >= 11 is 0. The zero-order chi connectivity index (χ0) is 19.1. The van der Waals surface area contributed by atoms with Crippen molar-refractivity contribution in [3.63, 3.8) is 0 Å². The van der Waals surface area contributed by atoms with E-state index in [1.54, 1.807) is 0 Å². The van der Waals surface area contributed by atoms with E-state index >= 15 is 0 Å². The predicted molar refractivity (Wildman–Crippen MR) is 108 cm³/mol. The number of rotatable bonds is 6. The molecule has 0 aliphatic carbocycles. The van der Waals surface area contributed by atoms with Gasteiger partial charge in [0.1, 0.15) is 0 Å². The first-order valence-electron chi connectivity index (χ1n) is 9.96. The van der Waals surface area contributed by atoms with Gasteiger partial charge in [-0.25, -0.2) is 4.79 Å². The fourth-order valence-electron chi connectivity index (χ4n) is 3.74. The molecule has 3 rings (SSSR count). The zero-order valence-corrected chi connectivity index (χ0v) is 16.1. The number of hydrogen-bond donors (Lipinski definition) is 2. The van der Waals surface area contributed by atoms with E-state index in [2.05, 4.69) is 24.4 Å². The molecule has 144 valence electrons. The Balaban J connectivity index is 1.41. The van der Waals surface area contributed by atoms with Crippen LogP contribution in [0.5, 0.6) is 0 Å². The quantitative estimate of drug-likeness (QED) is 0.806. The molecule has 2 aromatic rings. The van der Waals surface area contributed by atoms with Gasteiger partial charge in [0.2, 0.25) is 0 Å². The van der Waals surface area contributed by atoms with Crippen LogP contribution < -0.4 is 5.32 Å². The molecule has 0 radical (unpaired) electrons. The van der Waals surface area contributed by atoms with E-state index in [1.807, 2.05) is 53.4 Å². The number of carbonyl (C=O) groups excluding carboxylic acids is 1. The smallest absolute Gasteiger partial charge is 0.317 e. The number of aliphatic hydroxyl groups is 1. The van der Waals surface area contributed by atoms with Crippen molar-refractivity contribution in [1.29, 1.82) is 0 Å². The molecule has 0 bridgehead atoms. The molecule has 2 amide bonds. The largest absolute Gasteiger partial charge is 0.388 e. The summed E-state index contributed by atoms with van der Waals surface area (Å²) in [4.78, 5) is 14.4. The van der Waals surface area contributed by atoms with Gasteiger partial charge in [0.15, 0.2) is 0 Å². The first-order valence-corrected chi connectivity index (χ1v) is 9.96. The van der Waals surface area contributed by atoms with Crippen LogP contribution in [0.4, 0.5) is 4.79 Å². The van der Waals surface area contributed by atoms with Crippen LogP contribution in [-0.2, 0) is 6.42 Å². The van der Waals surface area contributed by atoms with Crippen molar-refractivity contribution < 1.29 is 9.90 Å². The van der Waals surface area contributed by atoms with Crippen molar-refractivity contribution in [3.8, 4) is 0 Å². The number of aryl methyl sites for hydroxylation is 1. The third kappa shape index (κ3) is 5.57. The van der Waals surface area contributed by atoms with Gasteiger partial charge in [-0.15, -0.1) is 0 Å². The van der Waals surface area contributed by atoms with Crippen molar-refractivity contribution in [3.05, 3.63) is 71.8 Å². The lowest BCUT2D eigenvalue weighted by Crippen LogP contribution is -2.47. The number of carbonyl (C=O) groups is 1. The second-order valence-electron chi connectivity index (χ2n) is 7.55. The number of likely N-dealkylation sites (tertiary alicyclic amines) is 1. The van der Waals surface area contributed by atoms with Crippen molar-refractivity contribution >= 4 is 6.03 Å². The highest BCUT2D eigenvalue weighted by Gasteiger charge is 2.28. The monoisotopic (exact) mass is 366 g/mol. The molecule has 4 nitrogen and oxygen atoms in total. The lowest BCUT2D eigenvalue weighted by molar-refractivity contribution is 0.0661. The van der Waals surface area contributed by atoms with E-state index in [1.165, 1.54) is 5.56 Å². The summed E-state index contributed by atoms with van der Waals surface area (Å²) in [6, 6.07) is 20.3. The molecule has 1 aliphatic heterocycles. The van der Waals surface area contributed by atoms with Gasteiger partial charge in [-0.1, -0.05) is 60.7 Å². The molecule has 2 atom stereocenters. The molecule has 1 saturated heterocycles. The molecule has 0 saturated carbocycles. The van der Waals surface area contributed by atoms with E-state index in [-0.39, 0.29) is 18.0 Å². The lowest BCUT2D eigenvalue weighted by atomic mass is 9.87. The Labute approximate surface area is 162 Å². The molecule has 27 heavy (non-hydrogen) atoms. The molecule has 0 spiro atoms. The molecular formula is C23H30N2O2. The third-order valence-corrected chi connectivity index (χ3v) is 5.49. The van der Waals surface area contributed by atoms with Gasteiger partial charge in [0.05, 0.1) is 6.10 Å². The number of amides is 2. The maximum Gasteiger partial charge on any atom is 0.317 e. The predicted octanol–water partition coefficient (Wildman–Crippen LogP) is 4.16. The van der Waals surface area contributed by atoms with Crippen molar-refractivity contribution in [1.82, 2.24) is 10.2 Å². The van der Waals surface area contributed by atoms with Gasteiger partial charge in [-0.05, 0) is 49.7 Å². The van der Waals surface area contributed by atoms with Crippen molar-refractivity contribution in [2.75, 3.05) is 13.1 Å². The van der Waals surface area contributed by atoms with E-state index in [9.17, 15) is 9.90 Å². The molecule has 1 aliphatic rings. The SMILES string of the molecule is CC(CCc1ccccc1)NC(=O)N1CCC(C(O)c2ccccc2)CC1. The van der Waals surface area contributed by atoms with Crippen LogP contribution in [0.2, 0.25) is 0 Å². The number of piperidine rings is 1. The van der Waals surface area contributed by atoms with E-state index in [0.717, 1.165) is 31.2 Å². The Morgan fingerprint density at radius 2 is 1.67 bits per heavy atom. The van der Waals surface area contributed by atoms with Gasteiger partial charge >= 0.3 is 6.03 Å². The second kappa shape index (κ2) is 9.56. The third-order valence-electron chi connectivity index (χ3n) is 5.49. The molecule has 1 fully saturated rings. The summed E-state index contributed by atoms with van der Waals surface area (Å²) < 4.78 is 0. The van der Waals surface area contributed by atoms with Gasteiger partial charge in [0, 0.05) is 19.1 Å². The topological polar surface area (TPSA) is 52.6 Å². The Kier molecular flexibility index (Phi) is 6.88. The highest BCUT2D eigenvalue weighted by atomic mass is 16.3. The second-order valence-corrected chi connectivity index (χ2v) is 7.55. The van der Waals surface area contributed by atoms with Crippen LogP contribution in [0.25, 0.3) is 0 Å². The number of nitrogens with one attached hydrogen (secondary N) is 1. The fourth-order valence-corrected chi connectivity index (χ4v) is 3.74. The molecular weight excluding hydrogens is 336 g/mol. The number of urea groups is 1. The summed E-state index contributed by atoms with van der Waals surface area (Å²) in [7, 11) is 0. The number of benzene rings is 2. The lowest BCUT2D eigenvalue weighted by Gasteiger charge is -2.35. The standard InChI is InChI=1S/C23H30N2O2/c1-18(12-13-19-8-4-2-5-9-19)24-23(27)25-16-14-21(15-17-25)22(26)20-10-6-3-7-11-20/h2-11,18,21-22,26H,12-17H2,1H3,(H,24,27). The summed E-state index contributed by atoms with van der Waals surface area (Å²) in [6.45, 7) is 3.46. The Morgan fingerprint density at radius 1 is 1.07 bits per heavy atom. The van der Waals surface area contributed by atoms with Crippen LogP contribution in [-0.4, -0.2) is 35.2 Å². The number of aliphatic hydroxyl groups excluding tert-OH is 1. The van der Waals surface area contributed by atoms with Crippen molar-refractivity contribution in [2.24, 2.45) is 5.92 Å². The van der Waals surface area contributed by atoms with E-state index in [0.29, 0.717) is 13.1 Å². The summed E-state index contributed by atoms with van der Waals surface area (Å²) in [5, 5.41) is 13.7. The summed E-state index contributed by atoms with van der Waals surface area (Å²) in [6.07, 6.45) is 3.12. The highest BCUT2D eigenvalue weighted by molar-refractivity contribution is 5.74. The van der Waals surface area contributed by atoms with Gasteiger partial charge in [0.25, 0.3) is 0 Å². The summed E-state index contributed by atoms with van der Waals surface area (Å²) in [5.74, 6) is 0.215. The average Bonchev–Trinajstić information content (AvgIpc) is 2.73. The Bertz CT molecular complexity index is 697. The number of hydrogen-bond acceptors (Lipinski definition) is 2. The van der Waals surface area contributed by atoms with Crippen molar-refractivity contribution in [2.45, 2.75) is 44.8 Å². The van der Waals surface area contributed by atoms with E-state index in [4.69, 9.17) is 0 Å². The van der Waals surface area contributed by atoms with Crippen LogP contribution in [0.3, 0.4) is 0 Å². The normalized spacial score (nSPS) is 17.3. The molecule has 1 heterocycles.